The Morgan fingerprint density at radius 3 is 2.25 bits per heavy atom. The average Bonchev–Trinajstić information content (AvgIpc) is 2.58. The van der Waals surface area contributed by atoms with E-state index >= 15 is 0 Å². The second kappa shape index (κ2) is 8.26. The molecule has 0 radical (unpaired) electrons. The molecule has 0 saturated carbocycles. The van der Waals surface area contributed by atoms with Gasteiger partial charge in [-0.05, 0) is 51.0 Å². The van der Waals surface area contributed by atoms with Gasteiger partial charge in [-0.2, -0.15) is 0 Å². The van der Waals surface area contributed by atoms with Gasteiger partial charge < -0.3 is 5.32 Å². The first-order valence-corrected chi connectivity index (χ1v) is 10.6. The molecule has 2 aromatic carbocycles. The Balaban J connectivity index is 2.31. The highest BCUT2D eigenvalue weighted by atomic mass is 32.2. The summed E-state index contributed by atoms with van der Waals surface area (Å²) in [7, 11) is -3.92. The van der Waals surface area contributed by atoms with E-state index in [2.05, 4.69) is 5.32 Å². The highest BCUT2D eigenvalue weighted by molar-refractivity contribution is 7.92. The Hall–Kier alpha value is -2.48. The van der Waals surface area contributed by atoms with Crippen LogP contribution in [0.1, 0.15) is 36.6 Å². The average molecular weight is 410 g/mol. The Labute approximate surface area is 164 Å². The fraction of sp³-hybridized carbons (Fsp3) is 0.350. The highest BCUT2D eigenvalue weighted by Gasteiger charge is 2.30. The number of carbonyl (C=O) groups is 1. The maximum atomic E-state index is 13.6. The van der Waals surface area contributed by atoms with Crippen molar-refractivity contribution < 1.29 is 22.0 Å². The molecule has 8 heteroatoms. The molecule has 0 spiro atoms. The minimum atomic E-state index is -3.92. The van der Waals surface area contributed by atoms with Crippen molar-refractivity contribution in [3.8, 4) is 0 Å². The lowest BCUT2D eigenvalue weighted by molar-refractivity contribution is -0.122. The maximum Gasteiger partial charge on any atom is 0.244 e. The lowest BCUT2D eigenvalue weighted by Crippen LogP contribution is -2.48. The summed E-state index contributed by atoms with van der Waals surface area (Å²) in [5.74, 6) is -2.84. The topological polar surface area (TPSA) is 66.5 Å². The molecule has 0 heterocycles. The van der Waals surface area contributed by atoms with Gasteiger partial charge in [-0.15, -0.1) is 0 Å². The van der Waals surface area contributed by atoms with E-state index in [0.29, 0.717) is 0 Å². The number of rotatable bonds is 6. The van der Waals surface area contributed by atoms with Crippen molar-refractivity contribution in [3.63, 3.8) is 0 Å². The van der Waals surface area contributed by atoms with Crippen LogP contribution in [-0.4, -0.2) is 26.6 Å². The third-order valence-corrected chi connectivity index (χ3v) is 5.75. The third kappa shape index (κ3) is 4.86. The minimum Gasteiger partial charge on any atom is -0.348 e. The van der Waals surface area contributed by atoms with Crippen molar-refractivity contribution in [1.29, 1.82) is 0 Å². The normalized spacial score (nSPS) is 13.7. The highest BCUT2D eigenvalue weighted by Crippen LogP contribution is 2.24. The van der Waals surface area contributed by atoms with E-state index in [4.69, 9.17) is 0 Å². The van der Waals surface area contributed by atoms with Crippen LogP contribution in [-0.2, 0) is 14.8 Å². The first-order valence-electron chi connectivity index (χ1n) is 8.73. The second-order valence-electron chi connectivity index (χ2n) is 6.92. The van der Waals surface area contributed by atoms with Crippen molar-refractivity contribution in [1.82, 2.24) is 5.32 Å². The van der Waals surface area contributed by atoms with Crippen molar-refractivity contribution in [2.45, 2.75) is 39.8 Å². The predicted molar refractivity (Wildman–Crippen MR) is 106 cm³/mol. The lowest BCUT2D eigenvalue weighted by atomic mass is 10.00. The number of hydrogen-bond donors (Lipinski definition) is 1. The summed E-state index contributed by atoms with van der Waals surface area (Å²) in [5.41, 5.74) is 2.82. The van der Waals surface area contributed by atoms with Gasteiger partial charge in [0.05, 0.1) is 18.0 Å². The van der Waals surface area contributed by atoms with E-state index in [1.54, 1.807) is 6.92 Å². The van der Waals surface area contributed by atoms with Crippen LogP contribution < -0.4 is 9.62 Å². The third-order valence-electron chi connectivity index (χ3n) is 4.51. The molecule has 0 fully saturated rings. The standard InChI is InChI=1S/C20H24F2N2O3S/c1-12-6-7-13(2)17(10-12)14(3)23-20(25)15(4)24(28(5,26)27)16-8-9-18(21)19(22)11-16/h6-11,14-15H,1-5H3,(H,23,25)/t14-,15+/m1/s1. The molecule has 0 saturated heterocycles. The van der Waals surface area contributed by atoms with Gasteiger partial charge in [-0.1, -0.05) is 23.8 Å². The van der Waals surface area contributed by atoms with E-state index in [1.165, 1.54) is 6.92 Å². The monoisotopic (exact) mass is 410 g/mol. The molecule has 0 aliphatic rings. The Kier molecular flexibility index (Phi) is 6.44. The molecule has 28 heavy (non-hydrogen) atoms. The summed E-state index contributed by atoms with van der Waals surface area (Å²) >= 11 is 0. The van der Waals surface area contributed by atoms with Crippen LogP contribution in [0.15, 0.2) is 36.4 Å². The van der Waals surface area contributed by atoms with Crippen LogP contribution in [0.3, 0.4) is 0 Å². The van der Waals surface area contributed by atoms with Crippen LogP contribution in [0.4, 0.5) is 14.5 Å². The van der Waals surface area contributed by atoms with Crippen molar-refractivity contribution in [3.05, 3.63) is 64.7 Å². The van der Waals surface area contributed by atoms with E-state index < -0.39 is 33.6 Å². The largest absolute Gasteiger partial charge is 0.348 e. The zero-order valence-corrected chi connectivity index (χ0v) is 17.3. The lowest BCUT2D eigenvalue weighted by Gasteiger charge is -2.29. The quantitative estimate of drug-likeness (QED) is 0.791. The van der Waals surface area contributed by atoms with E-state index in [9.17, 15) is 22.0 Å². The van der Waals surface area contributed by atoms with Gasteiger partial charge in [0.1, 0.15) is 6.04 Å². The number of carbonyl (C=O) groups excluding carboxylic acids is 1. The predicted octanol–water partition coefficient (Wildman–Crippen LogP) is 3.61. The molecule has 0 bridgehead atoms. The van der Waals surface area contributed by atoms with Gasteiger partial charge in [0, 0.05) is 6.07 Å². The smallest absolute Gasteiger partial charge is 0.244 e. The summed E-state index contributed by atoms with van der Waals surface area (Å²) in [4.78, 5) is 12.8. The summed E-state index contributed by atoms with van der Waals surface area (Å²) in [6.07, 6.45) is 0.909. The Morgan fingerprint density at radius 2 is 1.68 bits per heavy atom. The molecule has 2 rings (SSSR count). The van der Waals surface area contributed by atoms with Crippen molar-refractivity contribution >= 4 is 21.6 Å². The van der Waals surface area contributed by atoms with E-state index in [0.717, 1.165) is 45.5 Å². The second-order valence-corrected chi connectivity index (χ2v) is 8.78. The molecule has 0 unspecified atom stereocenters. The molecular weight excluding hydrogens is 386 g/mol. The number of sulfonamides is 1. The van der Waals surface area contributed by atoms with Crippen molar-refractivity contribution in [2.75, 3.05) is 10.6 Å². The fourth-order valence-corrected chi connectivity index (χ4v) is 4.24. The van der Waals surface area contributed by atoms with Gasteiger partial charge in [0.25, 0.3) is 0 Å². The van der Waals surface area contributed by atoms with Crippen molar-refractivity contribution in [2.24, 2.45) is 0 Å². The van der Waals surface area contributed by atoms with E-state index in [-0.39, 0.29) is 11.7 Å². The number of halogens is 2. The first kappa shape index (κ1) is 21.8. The van der Waals surface area contributed by atoms with Gasteiger partial charge in [-0.3, -0.25) is 9.10 Å². The zero-order valence-electron chi connectivity index (χ0n) is 16.5. The number of nitrogens with zero attached hydrogens (tertiary/aromatic N) is 1. The van der Waals surface area contributed by atoms with Crippen LogP contribution >= 0.6 is 0 Å². The van der Waals surface area contributed by atoms with Crippen LogP contribution in [0.2, 0.25) is 0 Å². The summed E-state index contributed by atoms with van der Waals surface area (Å²) in [6.45, 7) is 7.06. The summed E-state index contributed by atoms with van der Waals surface area (Å²) in [5, 5.41) is 2.80. The van der Waals surface area contributed by atoms with Crippen LogP contribution in [0, 0.1) is 25.5 Å². The Bertz CT molecular complexity index is 993. The molecule has 2 atom stereocenters. The zero-order chi connectivity index (χ0) is 21.2. The molecule has 5 nitrogen and oxygen atoms in total. The molecule has 0 aliphatic heterocycles. The molecule has 0 aromatic heterocycles. The van der Waals surface area contributed by atoms with Gasteiger partial charge in [0.15, 0.2) is 11.6 Å². The van der Waals surface area contributed by atoms with Crippen LogP contribution in [0.5, 0.6) is 0 Å². The maximum absolute atomic E-state index is 13.6. The molecular formula is C20H24F2N2O3S. The van der Waals surface area contributed by atoms with Gasteiger partial charge in [-0.25, -0.2) is 17.2 Å². The minimum absolute atomic E-state index is 0.122. The van der Waals surface area contributed by atoms with Gasteiger partial charge >= 0.3 is 0 Å². The van der Waals surface area contributed by atoms with Crippen LogP contribution in [0.25, 0.3) is 0 Å². The number of amides is 1. The molecule has 2 aromatic rings. The number of anilines is 1. The number of nitrogens with one attached hydrogen (secondary N) is 1. The molecule has 1 amide bonds. The summed E-state index contributed by atoms with van der Waals surface area (Å²) < 4.78 is 52.1. The number of hydrogen-bond acceptors (Lipinski definition) is 3. The number of benzene rings is 2. The SMILES string of the molecule is Cc1ccc(C)c([C@@H](C)NC(=O)[C@H](C)N(c2ccc(F)c(F)c2)S(C)(=O)=O)c1. The fourth-order valence-electron chi connectivity index (χ4n) is 3.07. The summed E-state index contributed by atoms with van der Waals surface area (Å²) in [6, 6.07) is 7.05. The van der Waals surface area contributed by atoms with Gasteiger partial charge in [0.2, 0.25) is 15.9 Å². The van der Waals surface area contributed by atoms with E-state index in [1.807, 2.05) is 32.0 Å². The molecule has 152 valence electrons. The first-order chi connectivity index (χ1) is 12.9. The molecule has 1 N–H and O–H groups in total. The Morgan fingerprint density at radius 1 is 1.04 bits per heavy atom. The molecule has 0 aliphatic carbocycles. The number of aryl methyl sites for hydroxylation is 2.